The van der Waals surface area contributed by atoms with Gasteiger partial charge in [0.25, 0.3) is 0 Å². The second kappa shape index (κ2) is 25.3. The van der Waals surface area contributed by atoms with E-state index in [-0.39, 0.29) is 0 Å². The Bertz CT molecular complexity index is 351. The Labute approximate surface area is 195 Å². The molecule has 0 bridgehead atoms. The smallest absolute Gasteiger partial charge is 0.0701 e. The number of ether oxygens (including phenoxy) is 9. The van der Waals surface area contributed by atoms with E-state index in [1.807, 2.05) is 0 Å². The summed E-state index contributed by atoms with van der Waals surface area (Å²) in [5.41, 5.74) is 0.313. The van der Waals surface area contributed by atoms with Crippen LogP contribution in [0.15, 0.2) is 0 Å². The molecule has 0 aliphatic carbocycles. The van der Waals surface area contributed by atoms with E-state index in [4.69, 9.17) is 42.6 Å². The summed E-state index contributed by atoms with van der Waals surface area (Å²) in [6.45, 7) is 16.4. The van der Waals surface area contributed by atoms with Crippen LogP contribution in [0.3, 0.4) is 0 Å². The van der Waals surface area contributed by atoms with Crippen molar-refractivity contribution in [2.75, 3.05) is 119 Å². The van der Waals surface area contributed by atoms with Gasteiger partial charge in [0.2, 0.25) is 0 Å². The molecule has 9 heteroatoms. The van der Waals surface area contributed by atoms with Gasteiger partial charge in [0, 0.05) is 13.7 Å². The molecule has 32 heavy (non-hydrogen) atoms. The summed E-state index contributed by atoms with van der Waals surface area (Å²) in [5, 5.41) is 0. The summed E-state index contributed by atoms with van der Waals surface area (Å²) < 4.78 is 48.3. The fraction of sp³-hybridized carbons (Fsp3) is 1.00. The molecule has 0 aliphatic rings. The third-order valence-corrected chi connectivity index (χ3v) is 4.03. The maximum Gasteiger partial charge on any atom is 0.0701 e. The van der Waals surface area contributed by atoms with Gasteiger partial charge < -0.3 is 42.6 Å². The first-order valence-electron chi connectivity index (χ1n) is 11.7. The van der Waals surface area contributed by atoms with Crippen LogP contribution in [0.5, 0.6) is 0 Å². The number of hydrogen-bond donors (Lipinski definition) is 0. The molecule has 0 saturated heterocycles. The summed E-state index contributed by atoms with van der Waals surface area (Å²) in [5.74, 6) is 0. The average molecular weight is 469 g/mol. The topological polar surface area (TPSA) is 83.1 Å². The molecule has 0 atom stereocenters. The quantitative estimate of drug-likeness (QED) is 0.177. The Balaban J connectivity index is 3.02. The zero-order chi connectivity index (χ0) is 23.6. The van der Waals surface area contributed by atoms with Gasteiger partial charge in [-0.2, -0.15) is 0 Å². The second-order valence-corrected chi connectivity index (χ2v) is 8.20. The Kier molecular flexibility index (Phi) is 25.0. The van der Waals surface area contributed by atoms with Crippen molar-refractivity contribution in [2.24, 2.45) is 5.41 Å². The van der Waals surface area contributed by atoms with E-state index in [0.29, 0.717) is 111 Å². The summed E-state index contributed by atoms with van der Waals surface area (Å²) in [6.07, 6.45) is 1.05. The molecule has 0 aromatic carbocycles. The number of methoxy groups -OCH3 is 1. The maximum absolute atomic E-state index is 5.54. The van der Waals surface area contributed by atoms with E-state index in [1.54, 1.807) is 7.11 Å². The lowest BCUT2D eigenvalue weighted by Crippen LogP contribution is -2.15. The van der Waals surface area contributed by atoms with Crippen LogP contribution < -0.4 is 0 Å². The lowest BCUT2D eigenvalue weighted by Gasteiger charge is -2.17. The highest BCUT2D eigenvalue weighted by molar-refractivity contribution is 4.59. The predicted octanol–water partition coefficient (Wildman–Crippen LogP) is 2.20. The van der Waals surface area contributed by atoms with Gasteiger partial charge in [0.1, 0.15) is 0 Å². The first kappa shape index (κ1) is 31.6. The highest BCUT2D eigenvalue weighted by Gasteiger charge is 2.08. The van der Waals surface area contributed by atoms with Crippen molar-refractivity contribution < 1.29 is 42.6 Å². The van der Waals surface area contributed by atoms with E-state index < -0.39 is 0 Å². The van der Waals surface area contributed by atoms with Crippen LogP contribution in [0, 0.1) is 5.41 Å². The molecule has 0 aliphatic heterocycles. The molecule has 0 amide bonds. The molecule has 194 valence electrons. The van der Waals surface area contributed by atoms with E-state index in [2.05, 4.69) is 20.8 Å². The minimum absolute atomic E-state index is 0.313. The van der Waals surface area contributed by atoms with E-state index >= 15 is 0 Å². The lowest BCUT2D eigenvalue weighted by molar-refractivity contribution is -0.0246. The first-order chi connectivity index (χ1) is 15.6. The number of rotatable bonds is 26. The Morgan fingerprint density at radius 3 is 0.781 bits per heavy atom. The average Bonchev–Trinajstić information content (AvgIpc) is 2.75. The molecule has 9 nitrogen and oxygen atoms in total. The van der Waals surface area contributed by atoms with Gasteiger partial charge in [-0.1, -0.05) is 20.8 Å². The van der Waals surface area contributed by atoms with E-state index in [1.165, 1.54) is 0 Å². The lowest BCUT2D eigenvalue weighted by atomic mass is 9.93. The van der Waals surface area contributed by atoms with Crippen molar-refractivity contribution in [1.29, 1.82) is 0 Å². The minimum atomic E-state index is 0.313. The van der Waals surface area contributed by atoms with Crippen molar-refractivity contribution in [3.05, 3.63) is 0 Å². The fourth-order valence-corrected chi connectivity index (χ4v) is 2.16. The Morgan fingerprint density at radius 2 is 0.562 bits per heavy atom. The third-order valence-electron chi connectivity index (χ3n) is 4.03. The number of hydrogen-bond acceptors (Lipinski definition) is 9. The predicted molar refractivity (Wildman–Crippen MR) is 123 cm³/mol. The molecule has 0 rings (SSSR count). The van der Waals surface area contributed by atoms with Crippen LogP contribution in [-0.4, -0.2) is 119 Å². The SMILES string of the molecule is COCCOCCOCCOCCOCCOCCOCCOCCOCCC(C)(C)C. The van der Waals surface area contributed by atoms with Gasteiger partial charge in [0.15, 0.2) is 0 Å². The molecule has 0 unspecified atom stereocenters. The second-order valence-electron chi connectivity index (χ2n) is 8.20. The zero-order valence-electron chi connectivity index (χ0n) is 20.9. The van der Waals surface area contributed by atoms with Crippen molar-refractivity contribution >= 4 is 0 Å². The van der Waals surface area contributed by atoms with Gasteiger partial charge >= 0.3 is 0 Å². The molecule has 0 aromatic rings. The van der Waals surface area contributed by atoms with Crippen LogP contribution in [-0.2, 0) is 42.6 Å². The van der Waals surface area contributed by atoms with Crippen LogP contribution in [0.4, 0.5) is 0 Å². The van der Waals surface area contributed by atoms with Crippen LogP contribution >= 0.6 is 0 Å². The van der Waals surface area contributed by atoms with Crippen LogP contribution in [0.2, 0.25) is 0 Å². The van der Waals surface area contributed by atoms with Crippen LogP contribution in [0.25, 0.3) is 0 Å². The third kappa shape index (κ3) is 29.6. The van der Waals surface area contributed by atoms with Crippen molar-refractivity contribution in [2.45, 2.75) is 27.2 Å². The summed E-state index contributed by atoms with van der Waals surface area (Å²) in [6, 6.07) is 0. The molecular weight excluding hydrogens is 420 g/mol. The van der Waals surface area contributed by atoms with Crippen LogP contribution in [0.1, 0.15) is 27.2 Å². The molecule has 0 radical (unpaired) electrons. The molecule has 0 saturated carbocycles. The van der Waals surface area contributed by atoms with Crippen molar-refractivity contribution in [3.8, 4) is 0 Å². The fourth-order valence-electron chi connectivity index (χ4n) is 2.16. The van der Waals surface area contributed by atoms with Crippen molar-refractivity contribution in [3.63, 3.8) is 0 Å². The molecule has 0 N–H and O–H groups in total. The maximum atomic E-state index is 5.54. The largest absolute Gasteiger partial charge is 0.382 e. The standard InChI is InChI=1S/C23H48O9/c1-23(2,3)5-6-25-9-10-27-13-14-29-17-18-31-21-22-32-20-19-30-16-15-28-12-11-26-8-7-24-4/h5-22H2,1-4H3. The highest BCUT2D eigenvalue weighted by Crippen LogP contribution is 2.17. The molecular formula is C23H48O9. The van der Waals surface area contributed by atoms with E-state index in [9.17, 15) is 0 Å². The Hall–Kier alpha value is -0.360. The molecule has 0 aromatic heterocycles. The van der Waals surface area contributed by atoms with Gasteiger partial charge in [-0.3, -0.25) is 0 Å². The normalized spacial score (nSPS) is 12.0. The summed E-state index contributed by atoms with van der Waals surface area (Å²) in [4.78, 5) is 0. The first-order valence-corrected chi connectivity index (χ1v) is 11.7. The van der Waals surface area contributed by atoms with Gasteiger partial charge in [0.05, 0.1) is 106 Å². The minimum Gasteiger partial charge on any atom is -0.382 e. The summed E-state index contributed by atoms with van der Waals surface area (Å²) >= 11 is 0. The highest BCUT2D eigenvalue weighted by atomic mass is 16.6. The molecule has 0 fully saturated rings. The van der Waals surface area contributed by atoms with Gasteiger partial charge in [-0.05, 0) is 11.8 Å². The summed E-state index contributed by atoms with van der Waals surface area (Å²) in [7, 11) is 1.65. The van der Waals surface area contributed by atoms with Gasteiger partial charge in [-0.15, -0.1) is 0 Å². The molecule has 0 spiro atoms. The van der Waals surface area contributed by atoms with Gasteiger partial charge in [-0.25, -0.2) is 0 Å². The monoisotopic (exact) mass is 468 g/mol. The molecule has 0 heterocycles. The van der Waals surface area contributed by atoms with E-state index in [0.717, 1.165) is 13.0 Å². The zero-order valence-corrected chi connectivity index (χ0v) is 20.9. The van der Waals surface area contributed by atoms with Crippen molar-refractivity contribution in [1.82, 2.24) is 0 Å². The Morgan fingerprint density at radius 1 is 0.344 bits per heavy atom.